The average molecular weight is 256 g/mol. The van der Waals surface area contributed by atoms with Crippen molar-refractivity contribution >= 4 is 17.1 Å². The Hall–Kier alpha value is -2.37. The first-order valence-electron chi connectivity index (χ1n) is 6.21. The van der Waals surface area contributed by atoms with Crippen LogP contribution in [0.3, 0.4) is 0 Å². The van der Waals surface area contributed by atoms with Crippen LogP contribution in [0.1, 0.15) is 11.4 Å². The van der Waals surface area contributed by atoms with E-state index in [-0.39, 0.29) is 0 Å². The van der Waals surface area contributed by atoms with Gasteiger partial charge in [0, 0.05) is 37.6 Å². The number of aromatic nitrogens is 5. The van der Waals surface area contributed by atoms with Crippen molar-refractivity contribution in [2.24, 2.45) is 7.05 Å². The lowest BCUT2D eigenvalue weighted by atomic mass is 10.3. The second kappa shape index (κ2) is 4.38. The Bertz CT molecular complexity index is 724. The highest BCUT2D eigenvalue weighted by Crippen LogP contribution is 2.17. The van der Waals surface area contributed by atoms with E-state index in [9.17, 15) is 0 Å². The molecule has 0 unspecified atom stereocenters. The molecule has 2 N–H and O–H groups in total. The van der Waals surface area contributed by atoms with E-state index in [4.69, 9.17) is 5.73 Å². The van der Waals surface area contributed by atoms with Crippen LogP contribution >= 0.6 is 0 Å². The molecule has 98 valence electrons. The van der Waals surface area contributed by atoms with Gasteiger partial charge in [-0.15, -0.1) is 0 Å². The van der Waals surface area contributed by atoms with Crippen LogP contribution in [0.5, 0.6) is 0 Å². The molecule has 19 heavy (non-hydrogen) atoms. The summed E-state index contributed by atoms with van der Waals surface area (Å²) in [5.41, 5.74) is 9.79. The summed E-state index contributed by atoms with van der Waals surface area (Å²) in [6, 6.07) is 5.91. The first-order valence-corrected chi connectivity index (χ1v) is 6.21. The zero-order chi connectivity index (χ0) is 13.4. The van der Waals surface area contributed by atoms with Gasteiger partial charge in [0.1, 0.15) is 5.52 Å². The second-order valence-electron chi connectivity index (χ2n) is 4.61. The number of hydrogen-bond acceptors (Lipinski definition) is 4. The average Bonchev–Trinajstić information content (AvgIpc) is 2.90. The zero-order valence-electron chi connectivity index (χ0n) is 11.0. The van der Waals surface area contributed by atoms with Crippen LogP contribution in [0, 0.1) is 6.92 Å². The number of imidazole rings is 1. The van der Waals surface area contributed by atoms with Crippen molar-refractivity contribution in [3.8, 4) is 0 Å². The number of rotatable bonds is 3. The molecular formula is C13H16N6. The van der Waals surface area contributed by atoms with Crippen molar-refractivity contribution in [2.75, 3.05) is 5.73 Å². The number of nitrogens with zero attached hydrogens (tertiary/aromatic N) is 5. The van der Waals surface area contributed by atoms with Gasteiger partial charge in [0.25, 0.3) is 0 Å². The van der Waals surface area contributed by atoms with Crippen LogP contribution in [0.2, 0.25) is 0 Å². The largest absolute Gasteiger partial charge is 0.369 e. The van der Waals surface area contributed by atoms with Crippen molar-refractivity contribution in [3.63, 3.8) is 0 Å². The van der Waals surface area contributed by atoms with Gasteiger partial charge in [0.15, 0.2) is 5.65 Å². The zero-order valence-corrected chi connectivity index (χ0v) is 11.0. The molecular weight excluding hydrogens is 240 g/mol. The highest BCUT2D eigenvalue weighted by molar-refractivity contribution is 5.74. The second-order valence-corrected chi connectivity index (χ2v) is 4.61. The Morgan fingerprint density at radius 3 is 2.79 bits per heavy atom. The highest BCUT2D eigenvalue weighted by atomic mass is 15.3. The summed E-state index contributed by atoms with van der Waals surface area (Å²) in [6.07, 6.45) is 2.65. The smallest absolute Gasteiger partial charge is 0.202 e. The molecule has 3 rings (SSSR count). The summed E-state index contributed by atoms with van der Waals surface area (Å²) in [6.45, 7) is 2.71. The first kappa shape index (κ1) is 11.7. The van der Waals surface area contributed by atoms with E-state index in [1.54, 1.807) is 6.20 Å². The Morgan fingerprint density at radius 2 is 2.05 bits per heavy atom. The number of nitrogens with two attached hydrogens (primary N) is 1. The molecule has 0 aliphatic carbocycles. The topological polar surface area (TPSA) is 74.5 Å². The van der Waals surface area contributed by atoms with Gasteiger partial charge in [-0.25, -0.2) is 9.97 Å². The Morgan fingerprint density at radius 1 is 1.21 bits per heavy atom. The summed E-state index contributed by atoms with van der Waals surface area (Å²) in [7, 11) is 1.94. The lowest BCUT2D eigenvalue weighted by Gasteiger charge is -2.06. The highest BCUT2D eigenvalue weighted by Gasteiger charge is 2.10. The number of anilines is 1. The Balaban J connectivity index is 1.94. The third-order valence-electron chi connectivity index (χ3n) is 3.27. The van der Waals surface area contributed by atoms with Crippen molar-refractivity contribution in [1.29, 1.82) is 0 Å². The van der Waals surface area contributed by atoms with E-state index >= 15 is 0 Å². The fraction of sp³-hybridized carbons (Fsp3) is 0.308. The van der Waals surface area contributed by atoms with E-state index in [1.807, 2.05) is 41.4 Å². The van der Waals surface area contributed by atoms with Gasteiger partial charge in [-0.1, -0.05) is 0 Å². The monoisotopic (exact) mass is 256 g/mol. The molecule has 0 fully saturated rings. The van der Waals surface area contributed by atoms with E-state index in [2.05, 4.69) is 15.1 Å². The molecule has 6 heteroatoms. The van der Waals surface area contributed by atoms with Gasteiger partial charge in [-0.3, -0.25) is 9.25 Å². The molecule has 0 radical (unpaired) electrons. The fourth-order valence-corrected chi connectivity index (χ4v) is 2.21. The quantitative estimate of drug-likeness (QED) is 0.766. The van der Waals surface area contributed by atoms with Crippen LogP contribution in [-0.4, -0.2) is 24.3 Å². The number of hydrogen-bond donors (Lipinski definition) is 1. The SMILES string of the molecule is Cc1ccc2nc(N)n(CCc3ccnn3C)c2n1. The van der Waals surface area contributed by atoms with Crippen LogP contribution in [0.25, 0.3) is 11.2 Å². The Labute approximate surface area is 110 Å². The predicted octanol–water partition coefficient (Wildman–Crippen LogP) is 1.30. The summed E-state index contributed by atoms with van der Waals surface area (Å²) < 4.78 is 3.82. The van der Waals surface area contributed by atoms with Gasteiger partial charge in [-0.2, -0.15) is 5.10 Å². The standard InChI is InChI=1S/C13H16N6/c1-9-3-4-11-12(16-9)19(13(14)17-11)8-6-10-5-7-15-18(10)2/h3-5,7H,6,8H2,1-2H3,(H2,14,17). The predicted molar refractivity (Wildman–Crippen MR) is 73.6 cm³/mol. The normalized spacial score (nSPS) is 11.3. The minimum atomic E-state index is 0.510. The number of nitrogen functional groups attached to an aromatic ring is 1. The maximum Gasteiger partial charge on any atom is 0.202 e. The van der Waals surface area contributed by atoms with Crippen molar-refractivity contribution in [3.05, 3.63) is 35.8 Å². The summed E-state index contributed by atoms with van der Waals surface area (Å²) in [5, 5.41) is 4.16. The molecule has 6 nitrogen and oxygen atoms in total. The molecule has 3 aromatic rings. The van der Waals surface area contributed by atoms with Crippen LogP contribution < -0.4 is 5.73 Å². The minimum Gasteiger partial charge on any atom is -0.369 e. The van der Waals surface area contributed by atoms with Gasteiger partial charge < -0.3 is 5.73 Å². The molecule has 0 aliphatic rings. The summed E-state index contributed by atoms with van der Waals surface area (Å²) in [4.78, 5) is 8.85. The maximum absolute atomic E-state index is 5.97. The van der Waals surface area contributed by atoms with Gasteiger partial charge >= 0.3 is 0 Å². The molecule has 0 aromatic carbocycles. The third kappa shape index (κ3) is 2.05. The van der Waals surface area contributed by atoms with Crippen molar-refractivity contribution < 1.29 is 0 Å². The molecule has 0 aliphatic heterocycles. The fourth-order valence-electron chi connectivity index (χ4n) is 2.21. The molecule has 0 saturated carbocycles. The molecule has 0 atom stereocenters. The first-order chi connectivity index (χ1) is 9.15. The van der Waals surface area contributed by atoms with Crippen LogP contribution in [-0.2, 0) is 20.0 Å². The number of pyridine rings is 1. The molecule has 0 amide bonds. The van der Waals surface area contributed by atoms with Gasteiger partial charge in [-0.05, 0) is 25.1 Å². The van der Waals surface area contributed by atoms with Crippen LogP contribution in [0.15, 0.2) is 24.4 Å². The number of aryl methyl sites for hydroxylation is 4. The molecule has 3 heterocycles. The van der Waals surface area contributed by atoms with Gasteiger partial charge in [0.05, 0.1) is 0 Å². The van der Waals surface area contributed by atoms with E-state index < -0.39 is 0 Å². The van der Waals surface area contributed by atoms with Crippen molar-refractivity contribution in [2.45, 2.75) is 19.9 Å². The van der Waals surface area contributed by atoms with Crippen LogP contribution in [0.4, 0.5) is 5.95 Å². The molecule has 0 bridgehead atoms. The lowest BCUT2D eigenvalue weighted by molar-refractivity contribution is 0.648. The van der Waals surface area contributed by atoms with E-state index in [1.165, 1.54) is 0 Å². The molecule has 0 spiro atoms. The summed E-state index contributed by atoms with van der Waals surface area (Å²) in [5.74, 6) is 0.510. The van der Waals surface area contributed by atoms with Gasteiger partial charge in [0.2, 0.25) is 5.95 Å². The number of fused-ring (bicyclic) bond motifs is 1. The lowest BCUT2D eigenvalue weighted by Crippen LogP contribution is -2.09. The van der Waals surface area contributed by atoms with E-state index in [0.717, 1.165) is 35.5 Å². The minimum absolute atomic E-state index is 0.510. The van der Waals surface area contributed by atoms with Crippen molar-refractivity contribution in [1.82, 2.24) is 24.3 Å². The molecule has 0 saturated heterocycles. The maximum atomic E-state index is 5.97. The Kier molecular flexibility index (Phi) is 2.70. The molecule has 3 aromatic heterocycles. The van der Waals surface area contributed by atoms with E-state index in [0.29, 0.717) is 5.95 Å². The third-order valence-corrected chi connectivity index (χ3v) is 3.27. The summed E-state index contributed by atoms with van der Waals surface area (Å²) >= 11 is 0.